The molecule has 5 fully saturated rings. The van der Waals surface area contributed by atoms with E-state index in [0.717, 1.165) is 42.6 Å². The highest BCUT2D eigenvalue weighted by Gasteiger charge is 2.51. The van der Waals surface area contributed by atoms with Gasteiger partial charge in [-0.25, -0.2) is 4.79 Å². The number of hydrogen-bond donors (Lipinski definition) is 1. The number of esters is 1. The minimum Gasteiger partial charge on any atom is -0.465 e. The molecule has 1 saturated heterocycles. The lowest BCUT2D eigenvalue weighted by atomic mass is 9.53. The van der Waals surface area contributed by atoms with Crippen molar-refractivity contribution in [2.75, 3.05) is 13.7 Å². The van der Waals surface area contributed by atoms with Crippen LogP contribution in [0, 0.1) is 17.8 Å². The summed E-state index contributed by atoms with van der Waals surface area (Å²) in [5, 5.41) is 3.37. The Bertz CT molecular complexity index is 998. The number of hydrogen-bond acceptors (Lipinski definition) is 6. The summed E-state index contributed by atoms with van der Waals surface area (Å²) < 4.78 is 5.18. The fourth-order valence-electron chi connectivity index (χ4n) is 6.51. The van der Waals surface area contributed by atoms with Gasteiger partial charge in [0, 0.05) is 18.5 Å². The third kappa shape index (κ3) is 4.60. The largest absolute Gasteiger partial charge is 0.465 e. The Hall–Kier alpha value is -2.19. The van der Waals surface area contributed by atoms with Crippen molar-refractivity contribution in [1.29, 1.82) is 0 Å². The smallest absolute Gasteiger partial charge is 0.337 e. The van der Waals surface area contributed by atoms with Crippen LogP contribution in [0.4, 0.5) is 0 Å². The van der Waals surface area contributed by atoms with Crippen molar-refractivity contribution in [2.45, 2.75) is 50.5 Å². The van der Waals surface area contributed by atoms with Crippen molar-refractivity contribution in [1.82, 2.24) is 10.2 Å². The summed E-state index contributed by atoms with van der Waals surface area (Å²) in [6.45, 7) is 0.293. The predicted octanol–water partition coefficient (Wildman–Crippen LogP) is 4.15. The lowest BCUT2D eigenvalue weighted by Gasteiger charge is -2.57. The quantitative estimate of drug-likeness (QED) is 0.371. The van der Waals surface area contributed by atoms with Crippen molar-refractivity contribution in [2.24, 2.45) is 17.8 Å². The van der Waals surface area contributed by atoms with Crippen LogP contribution in [0.15, 0.2) is 29.2 Å². The predicted molar refractivity (Wildman–Crippen MR) is 131 cm³/mol. The van der Waals surface area contributed by atoms with E-state index in [1.807, 2.05) is 0 Å². The first-order valence-corrected chi connectivity index (χ1v) is 12.8. The second-order valence-electron chi connectivity index (χ2n) is 9.94. The number of rotatable bonds is 6. The zero-order valence-electron chi connectivity index (χ0n) is 18.7. The summed E-state index contributed by atoms with van der Waals surface area (Å²) in [5.74, 6) is 1.76. The molecule has 33 heavy (non-hydrogen) atoms. The Morgan fingerprint density at radius 2 is 1.76 bits per heavy atom. The van der Waals surface area contributed by atoms with Crippen LogP contribution in [-0.4, -0.2) is 46.2 Å². The highest BCUT2D eigenvalue weighted by Crippen LogP contribution is 2.55. The molecule has 0 unspecified atom stereocenters. The summed E-state index contributed by atoms with van der Waals surface area (Å²) in [6.07, 6.45) is 9.37. The van der Waals surface area contributed by atoms with Crippen molar-refractivity contribution in [3.8, 4) is 0 Å². The van der Waals surface area contributed by atoms with Gasteiger partial charge in [0.25, 0.3) is 5.91 Å². The third-order valence-electron chi connectivity index (χ3n) is 7.51. The molecule has 0 spiro atoms. The maximum Gasteiger partial charge on any atom is 0.337 e. The monoisotopic (exact) mass is 484 g/mol. The summed E-state index contributed by atoms with van der Waals surface area (Å²) >= 11 is 6.66. The molecule has 0 aromatic heterocycles. The van der Waals surface area contributed by atoms with Gasteiger partial charge in [0.05, 0.1) is 17.6 Å². The normalized spacial score (nSPS) is 31.4. The van der Waals surface area contributed by atoms with Crippen molar-refractivity contribution < 1.29 is 19.1 Å². The second kappa shape index (κ2) is 8.87. The van der Waals surface area contributed by atoms with Gasteiger partial charge in [-0.15, -0.1) is 0 Å². The van der Waals surface area contributed by atoms with Crippen LogP contribution in [0.2, 0.25) is 0 Å². The minimum absolute atomic E-state index is 0.0163. The summed E-state index contributed by atoms with van der Waals surface area (Å²) in [7, 11) is 1.34. The SMILES string of the molecule is COC(=O)c1ccc(/C=C2\SC(=S)N(CCC(=O)NC34CC5CC(CC(C5)C3)C4)C2=O)cc1. The highest BCUT2D eigenvalue weighted by atomic mass is 32.2. The number of carbonyl (C=O) groups excluding carboxylic acids is 3. The number of thioether (sulfide) groups is 1. The summed E-state index contributed by atoms with van der Waals surface area (Å²) in [5.41, 5.74) is 1.23. The van der Waals surface area contributed by atoms with Crippen LogP contribution in [0.1, 0.15) is 60.9 Å². The zero-order chi connectivity index (χ0) is 23.2. The molecule has 6 nitrogen and oxygen atoms in total. The lowest BCUT2D eigenvalue weighted by Crippen LogP contribution is -2.60. The van der Waals surface area contributed by atoms with Crippen LogP contribution < -0.4 is 5.32 Å². The average molecular weight is 485 g/mol. The van der Waals surface area contributed by atoms with Gasteiger partial charge in [0.1, 0.15) is 4.32 Å². The van der Waals surface area contributed by atoms with Crippen molar-refractivity contribution in [3.05, 3.63) is 40.3 Å². The van der Waals surface area contributed by atoms with Gasteiger partial charge in [-0.3, -0.25) is 14.5 Å². The van der Waals surface area contributed by atoms with Crippen LogP contribution in [0.25, 0.3) is 6.08 Å². The molecular formula is C25H28N2O4S2. The van der Waals surface area contributed by atoms with Crippen LogP contribution in [0.5, 0.6) is 0 Å². The molecule has 6 rings (SSSR count). The van der Waals surface area contributed by atoms with E-state index < -0.39 is 5.97 Å². The number of ether oxygens (including phenoxy) is 1. The Labute approximate surface area is 203 Å². The molecule has 1 heterocycles. The topological polar surface area (TPSA) is 75.7 Å². The first-order valence-electron chi connectivity index (χ1n) is 11.6. The molecule has 5 aliphatic rings. The number of methoxy groups -OCH3 is 1. The molecular weight excluding hydrogens is 456 g/mol. The van der Waals surface area contributed by atoms with Gasteiger partial charge in [-0.1, -0.05) is 36.1 Å². The van der Waals surface area contributed by atoms with Gasteiger partial charge >= 0.3 is 5.97 Å². The van der Waals surface area contributed by atoms with Crippen molar-refractivity contribution >= 4 is 52.2 Å². The zero-order valence-corrected chi connectivity index (χ0v) is 20.3. The average Bonchev–Trinajstić information content (AvgIpc) is 3.03. The van der Waals surface area contributed by atoms with E-state index in [-0.39, 0.29) is 23.8 Å². The Morgan fingerprint density at radius 3 is 2.33 bits per heavy atom. The highest BCUT2D eigenvalue weighted by molar-refractivity contribution is 8.26. The molecule has 4 aliphatic carbocycles. The molecule has 2 amide bonds. The van der Waals surface area contributed by atoms with E-state index in [9.17, 15) is 14.4 Å². The van der Waals surface area contributed by atoms with Crippen LogP contribution in [0.3, 0.4) is 0 Å². The molecule has 1 aromatic rings. The van der Waals surface area contributed by atoms with Gasteiger partial charge in [0.2, 0.25) is 5.91 Å². The number of carbonyl (C=O) groups is 3. The maximum atomic E-state index is 12.9. The molecule has 1 aromatic carbocycles. The molecule has 1 N–H and O–H groups in total. The fourth-order valence-corrected chi connectivity index (χ4v) is 7.82. The first kappa shape index (κ1) is 22.6. The minimum atomic E-state index is -0.403. The van der Waals surface area contributed by atoms with Gasteiger partial charge in [-0.05, 0) is 80.1 Å². The molecule has 0 radical (unpaired) electrons. The Kier molecular flexibility index (Phi) is 6.07. The summed E-state index contributed by atoms with van der Waals surface area (Å²) in [6, 6.07) is 6.84. The number of thiocarbonyl (C=S) groups is 1. The number of amides is 2. The van der Waals surface area contributed by atoms with E-state index >= 15 is 0 Å². The van der Waals surface area contributed by atoms with Gasteiger partial charge < -0.3 is 10.1 Å². The standard InChI is InChI=1S/C25H28N2O4S2/c1-31-23(30)19-4-2-15(3-5-19)11-20-22(29)27(24(32)33-20)7-6-21(28)26-25-12-16-8-17(13-25)10-18(9-16)14-25/h2-5,11,16-18H,6-10,12-14H2,1H3,(H,26,28)/b20-11-. The second-order valence-corrected chi connectivity index (χ2v) is 11.6. The third-order valence-corrected chi connectivity index (χ3v) is 8.89. The van der Waals surface area contributed by atoms with E-state index in [1.54, 1.807) is 30.3 Å². The van der Waals surface area contributed by atoms with Gasteiger partial charge in [-0.2, -0.15) is 0 Å². The molecule has 174 valence electrons. The van der Waals surface area contributed by atoms with E-state index in [4.69, 9.17) is 17.0 Å². The molecule has 1 aliphatic heterocycles. The molecule has 4 saturated carbocycles. The number of nitrogens with zero attached hydrogens (tertiary/aromatic N) is 1. The van der Waals surface area contributed by atoms with Crippen LogP contribution in [-0.2, 0) is 14.3 Å². The molecule has 0 atom stereocenters. The van der Waals surface area contributed by atoms with Crippen molar-refractivity contribution in [3.63, 3.8) is 0 Å². The van der Waals surface area contributed by atoms with Crippen LogP contribution >= 0.6 is 24.0 Å². The Balaban J connectivity index is 1.18. The number of benzene rings is 1. The lowest BCUT2D eigenvalue weighted by molar-refractivity contribution is -0.127. The fraction of sp³-hybridized carbons (Fsp3) is 0.520. The first-order chi connectivity index (χ1) is 15.8. The maximum absolute atomic E-state index is 12.9. The van der Waals surface area contributed by atoms with E-state index in [0.29, 0.717) is 21.3 Å². The summed E-state index contributed by atoms with van der Waals surface area (Å²) in [4.78, 5) is 39.4. The van der Waals surface area contributed by atoms with Gasteiger partial charge in [0.15, 0.2) is 0 Å². The van der Waals surface area contributed by atoms with E-state index in [1.165, 1.54) is 43.0 Å². The molecule has 8 heteroatoms. The van der Waals surface area contributed by atoms with E-state index in [2.05, 4.69) is 5.32 Å². The number of nitrogens with one attached hydrogen (secondary N) is 1. The Morgan fingerprint density at radius 1 is 1.15 bits per heavy atom. The molecule has 4 bridgehead atoms.